The highest BCUT2D eigenvalue weighted by molar-refractivity contribution is 6.31. The molecule has 88 valence electrons. The number of esters is 1. The summed E-state index contributed by atoms with van der Waals surface area (Å²) >= 11 is 5.75. The molecule has 0 bridgehead atoms. The van der Waals surface area contributed by atoms with Crippen LogP contribution in [0.25, 0.3) is 0 Å². The Bertz CT molecular complexity index is 381. The number of anilines is 1. The van der Waals surface area contributed by atoms with Crippen molar-refractivity contribution in [1.82, 2.24) is 0 Å². The summed E-state index contributed by atoms with van der Waals surface area (Å²) in [5.74, 6) is -0.621. The second-order valence-corrected chi connectivity index (χ2v) is 4.05. The second-order valence-electron chi connectivity index (χ2n) is 3.62. The lowest BCUT2D eigenvalue weighted by molar-refractivity contribution is 0.0406. The molecule has 0 aliphatic heterocycles. The molecule has 0 aromatic heterocycles. The number of ether oxygens (including phenoxy) is 1. The third-order valence-corrected chi connectivity index (χ3v) is 2.28. The number of benzene rings is 1. The second kappa shape index (κ2) is 5.72. The molecule has 0 aliphatic rings. The van der Waals surface area contributed by atoms with E-state index in [0.29, 0.717) is 10.7 Å². The van der Waals surface area contributed by atoms with E-state index in [1.54, 1.807) is 19.1 Å². The van der Waals surface area contributed by atoms with E-state index in [9.17, 15) is 4.79 Å². The van der Waals surface area contributed by atoms with Gasteiger partial charge in [-0.05, 0) is 18.2 Å². The zero-order valence-corrected chi connectivity index (χ0v) is 9.70. The number of hydrogen-bond acceptors (Lipinski definition) is 4. The molecule has 0 aliphatic carbocycles. The van der Waals surface area contributed by atoms with Gasteiger partial charge in [-0.15, -0.1) is 0 Å². The van der Waals surface area contributed by atoms with Crippen LogP contribution in [0.5, 0.6) is 0 Å². The minimum absolute atomic E-state index is 0.0295. The first kappa shape index (κ1) is 12.8. The Morgan fingerprint density at radius 3 is 2.94 bits per heavy atom. The van der Waals surface area contributed by atoms with Crippen LogP contribution in [0.15, 0.2) is 18.2 Å². The first-order valence-corrected chi connectivity index (χ1v) is 5.25. The topological polar surface area (TPSA) is 72.5 Å². The molecular formula is C11H14ClNO3. The molecule has 1 unspecified atom stereocenters. The maximum Gasteiger partial charge on any atom is 0.340 e. The van der Waals surface area contributed by atoms with Crippen molar-refractivity contribution in [2.75, 3.05) is 18.9 Å². The molecule has 4 nitrogen and oxygen atoms in total. The molecule has 1 aromatic rings. The summed E-state index contributed by atoms with van der Waals surface area (Å²) in [5.41, 5.74) is 6.19. The highest BCUT2D eigenvalue weighted by Gasteiger charge is 2.13. The number of carbonyl (C=O) groups excluding carboxylic acids is 1. The van der Waals surface area contributed by atoms with E-state index in [-0.39, 0.29) is 24.7 Å². The van der Waals surface area contributed by atoms with Crippen LogP contribution >= 0.6 is 11.6 Å². The summed E-state index contributed by atoms with van der Waals surface area (Å²) in [4.78, 5) is 11.6. The standard InChI is InChI=1S/C11H14ClNO3/c1-7(5-14)6-16-11(15)9-4-8(12)2-3-10(9)13/h2-4,7,14H,5-6,13H2,1H3. The van der Waals surface area contributed by atoms with Crippen LogP contribution in [0.2, 0.25) is 5.02 Å². The van der Waals surface area contributed by atoms with Crippen molar-refractivity contribution in [1.29, 1.82) is 0 Å². The Morgan fingerprint density at radius 2 is 2.31 bits per heavy atom. The maximum atomic E-state index is 11.6. The van der Waals surface area contributed by atoms with Crippen LogP contribution in [0.3, 0.4) is 0 Å². The average Bonchev–Trinajstić information content (AvgIpc) is 2.28. The highest BCUT2D eigenvalue weighted by atomic mass is 35.5. The van der Waals surface area contributed by atoms with Gasteiger partial charge in [-0.2, -0.15) is 0 Å². The Morgan fingerprint density at radius 1 is 1.62 bits per heavy atom. The van der Waals surface area contributed by atoms with Gasteiger partial charge in [0.1, 0.15) is 0 Å². The summed E-state index contributed by atoms with van der Waals surface area (Å²) in [6, 6.07) is 4.61. The highest BCUT2D eigenvalue weighted by Crippen LogP contribution is 2.18. The summed E-state index contributed by atoms with van der Waals surface area (Å²) in [6.45, 7) is 1.90. The van der Waals surface area contributed by atoms with Crippen LogP contribution in [-0.4, -0.2) is 24.3 Å². The molecule has 0 radical (unpaired) electrons. The minimum Gasteiger partial charge on any atom is -0.462 e. The monoisotopic (exact) mass is 243 g/mol. The molecule has 0 saturated carbocycles. The van der Waals surface area contributed by atoms with Gasteiger partial charge in [-0.1, -0.05) is 18.5 Å². The zero-order valence-electron chi connectivity index (χ0n) is 8.94. The number of hydrogen-bond donors (Lipinski definition) is 2. The number of nitrogen functional groups attached to an aromatic ring is 1. The Hall–Kier alpha value is -1.26. The van der Waals surface area contributed by atoms with E-state index in [1.165, 1.54) is 6.07 Å². The molecule has 16 heavy (non-hydrogen) atoms. The van der Waals surface area contributed by atoms with E-state index in [0.717, 1.165) is 0 Å². The van der Waals surface area contributed by atoms with E-state index in [2.05, 4.69) is 0 Å². The molecule has 0 amide bonds. The molecule has 3 N–H and O–H groups in total. The van der Waals surface area contributed by atoms with Crippen LogP contribution < -0.4 is 5.73 Å². The Kier molecular flexibility index (Phi) is 4.58. The van der Waals surface area contributed by atoms with Gasteiger partial charge in [0.2, 0.25) is 0 Å². The molecular weight excluding hydrogens is 230 g/mol. The lowest BCUT2D eigenvalue weighted by Crippen LogP contribution is -2.15. The average molecular weight is 244 g/mol. The maximum absolute atomic E-state index is 11.6. The van der Waals surface area contributed by atoms with Crippen molar-refractivity contribution in [2.45, 2.75) is 6.92 Å². The van der Waals surface area contributed by atoms with Gasteiger partial charge in [0.15, 0.2) is 0 Å². The quantitative estimate of drug-likeness (QED) is 0.624. The first-order chi connectivity index (χ1) is 7.54. The summed E-state index contributed by atoms with van der Waals surface area (Å²) in [7, 11) is 0. The number of aliphatic hydroxyl groups is 1. The largest absolute Gasteiger partial charge is 0.462 e. The fourth-order valence-electron chi connectivity index (χ4n) is 1.05. The van der Waals surface area contributed by atoms with Crippen molar-refractivity contribution in [3.63, 3.8) is 0 Å². The smallest absolute Gasteiger partial charge is 0.340 e. The molecule has 0 spiro atoms. The number of nitrogens with two attached hydrogens (primary N) is 1. The lowest BCUT2D eigenvalue weighted by atomic mass is 10.2. The minimum atomic E-state index is -0.528. The fraction of sp³-hybridized carbons (Fsp3) is 0.364. The SMILES string of the molecule is CC(CO)COC(=O)c1cc(Cl)ccc1N. The third kappa shape index (κ3) is 3.40. The number of aliphatic hydroxyl groups excluding tert-OH is 1. The molecule has 0 saturated heterocycles. The number of carbonyl (C=O) groups is 1. The summed E-state index contributed by atoms with van der Waals surface area (Å²) in [6.07, 6.45) is 0. The van der Waals surface area contributed by atoms with E-state index >= 15 is 0 Å². The Labute approximate surface area is 99.0 Å². The number of halogens is 1. The van der Waals surface area contributed by atoms with Crippen LogP contribution in [-0.2, 0) is 4.74 Å². The van der Waals surface area contributed by atoms with Crippen molar-refractivity contribution >= 4 is 23.3 Å². The van der Waals surface area contributed by atoms with E-state index in [1.807, 2.05) is 0 Å². The predicted molar refractivity (Wildman–Crippen MR) is 62.4 cm³/mol. The molecule has 1 aromatic carbocycles. The van der Waals surface area contributed by atoms with Gasteiger partial charge in [-0.3, -0.25) is 0 Å². The van der Waals surface area contributed by atoms with Gasteiger partial charge in [0.25, 0.3) is 0 Å². The molecule has 1 atom stereocenters. The molecule has 0 heterocycles. The van der Waals surface area contributed by atoms with Gasteiger partial charge in [-0.25, -0.2) is 4.79 Å². The van der Waals surface area contributed by atoms with E-state index in [4.69, 9.17) is 27.2 Å². The van der Waals surface area contributed by atoms with Crippen molar-refractivity contribution < 1.29 is 14.6 Å². The van der Waals surface area contributed by atoms with Gasteiger partial charge in [0, 0.05) is 23.2 Å². The van der Waals surface area contributed by atoms with Gasteiger partial charge in [0.05, 0.1) is 12.2 Å². The van der Waals surface area contributed by atoms with Crippen molar-refractivity contribution in [2.24, 2.45) is 5.92 Å². The van der Waals surface area contributed by atoms with Crippen LogP contribution in [0.1, 0.15) is 17.3 Å². The Balaban J connectivity index is 2.69. The zero-order chi connectivity index (χ0) is 12.1. The molecule has 0 fully saturated rings. The van der Waals surface area contributed by atoms with E-state index < -0.39 is 5.97 Å². The fourth-order valence-corrected chi connectivity index (χ4v) is 1.23. The van der Waals surface area contributed by atoms with Crippen molar-refractivity contribution in [3.8, 4) is 0 Å². The normalized spacial score (nSPS) is 12.2. The molecule has 5 heteroatoms. The number of rotatable bonds is 4. The predicted octanol–water partition coefficient (Wildman–Crippen LogP) is 1.71. The van der Waals surface area contributed by atoms with Gasteiger partial charge >= 0.3 is 5.97 Å². The van der Waals surface area contributed by atoms with Crippen LogP contribution in [0, 0.1) is 5.92 Å². The van der Waals surface area contributed by atoms with Crippen LogP contribution in [0.4, 0.5) is 5.69 Å². The van der Waals surface area contributed by atoms with Gasteiger partial charge < -0.3 is 15.6 Å². The third-order valence-electron chi connectivity index (χ3n) is 2.05. The summed E-state index contributed by atoms with van der Waals surface area (Å²) in [5, 5.41) is 9.21. The molecule has 1 rings (SSSR count). The summed E-state index contributed by atoms with van der Waals surface area (Å²) < 4.78 is 4.98. The first-order valence-electron chi connectivity index (χ1n) is 4.87. The lowest BCUT2D eigenvalue weighted by Gasteiger charge is -2.10. The van der Waals surface area contributed by atoms with Crippen molar-refractivity contribution in [3.05, 3.63) is 28.8 Å².